The van der Waals surface area contributed by atoms with E-state index in [0.29, 0.717) is 24.5 Å². The molecule has 1 N–H and O–H groups in total. The van der Waals surface area contributed by atoms with Crippen molar-refractivity contribution in [2.24, 2.45) is 11.8 Å². The SMILES string of the molecule is Cc1nc(CC2CCN(C(=O)[C@H]3C[C@@](C)(O)C3)CC2)ccc1OC(F)F. The van der Waals surface area contributed by atoms with Gasteiger partial charge in [-0.05, 0) is 64.0 Å². The molecule has 1 aromatic heterocycles. The molecule has 5 nitrogen and oxygen atoms in total. The zero-order chi connectivity index (χ0) is 18.9. The van der Waals surface area contributed by atoms with Gasteiger partial charge in [-0.2, -0.15) is 8.78 Å². The molecular formula is C19H26F2N2O3. The first kappa shape index (κ1) is 19.0. The summed E-state index contributed by atoms with van der Waals surface area (Å²) >= 11 is 0. The largest absolute Gasteiger partial charge is 0.433 e. The highest BCUT2D eigenvalue weighted by atomic mass is 19.3. The molecule has 2 fully saturated rings. The van der Waals surface area contributed by atoms with Gasteiger partial charge >= 0.3 is 6.61 Å². The molecule has 2 aliphatic rings. The van der Waals surface area contributed by atoms with Crippen LogP contribution in [-0.4, -0.2) is 46.2 Å². The Hall–Kier alpha value is -1.76. The summed E-state index contributed by atoms with van der Waals surface area (Å²) in [5.74, 6) is 0.670. The van der Waals surface area contributed by atoms with Gasteiger partial charge < -0.3 is 14.7 Å². The summed E-state index contributed by atoms with van der Waals surface area (Å²) < 4.78 is 29.0. The van der Waals surface area contributed by atoms with Crippen LogP contribution < -0.4 is 4.74 Å². The Kier molecular flexibility index (Phi) is 5.46. The molecule has 1 saturated heterocycles. The number of nitrogens with zero attached hydrogens (tertiary/aromatic N) is 2. The van der Waals surface area contributed by atoms with E-state index in [1.54, 1.807) is 26.0 Å². The van der Waals surface area contributed by atoms with Crippen LogP contribution in [0.2, 0.25) is 0 Å². The first-order valence-electron chi connectivity index (χ1n) is 9.16. The smallest absolute Gasteiger partial charge is 0.387 e. The fraction of sp³-hybridized carbons (Fsp3) is 0.684. The molecule has 1 aromatic rings. The second-order valence-electron chi connectivity index (χ2n) is 7.84. The number of aromatic nitrogens is 1. The lowest BCUT2D eigenvalue weighted by Crippen LogP contribution is -2.51. The van der Waals surface area contributed by atoms with Gasteiger partial charge in [-0.25, -0.2) is 0 Å². The van der Waals surface area contributed by atoms with Crippen molar-refractivity contribution < 1.29 is 23.4 Å². The minimum absolute atomic E-state index is 0.0340. The third-order valence-corrected chi connectivity index (χ3v) is 5.46. The van der Waals surface area contributed by atoms with Gasteiger partial charge in [0.05, 0.1) is 11.3 Å². The zero-order valence-corrected chi connectivity index (χ0v) is 15.3. The van der Waals surface area contributed by atoms with Crippen LogP contribution in [0, 0.1) is 18.8 Å². The van der Waals surface area contributed by atoms with E-state index in [1.807, 2.05) is 4.90 Å². The zero-order valence-electron chi connectivity index (χ0n) is 15.3. The lowest BCUT2D eigenvalue weighted by Gasteiger charge is -2.43. The summed E-state index contributed by atoms with van der Waals surface area (Å²) in [5.41, 5.74) is 0.652. The molecule has 0 radical (unpaired) electrons. The van der Waals surface area contributed by atoms with Gasteiger partial charge in [-0.15, -0.1) is 0 Å². The van der Waals surface area contributed by atoms with Crippen molar-refractivity contribution in [3.05, 3.63) is 23.5 Å². The molecule has 2 heterocycles. The number of pyridine rings is 1. The van der Waals surface area contributed by atoms with Gasteiger partial charge in [0.1, 0.15) is 5.75 Å². The number of aryl methyl sites for hydroxylation is 1. The first-order chi connectivity index (χ1) is 12.2. The lowest BCUT2D eigenvalue weighted by atomic mass is 9.71. The van der Waals surface area contributed by atoms with Gasteiger partial charge in [-0.1, -0.05) is 0 Å². The van der Waals surface area contributed by atoms with Gasteiger partial charge in [0, 0.05) is 24.7 Å². The number of carbonyl (C=O) groups is 1. The number of amides is 1. The van der Waals surface area contributed by atoms with E-state index >= 15 is 0 Å². The van der Waals surface area contributed by atoms with Gasteiger partial charge in [0.25, 0.3) is 0 Å². The van der Waals surface area contributed by atoms with Gasteiger partial charge in [0.15, 0.2) is 0 Å². The van der Waals surface area contributed by atoms with Crippen LogP contribution in [-0.2, 0) is 11.2 Å². The van der Waals surface area contributed by atoms with E-state index in [1.165, 1.54) is 0 Å². The van der Waals surface area contributed by atoms with Crippen LogP contribution in [0.1, 0.15) is 44.0 Å². The third kappa shape index (κ3) is 4.50. The van der Waals surface area contributed by atoms with E-state index in [-0.39, 0.29) is 17.6 Å². The molecule has 26 heavy (non-hydrogen) atoms. The average molecular weight is 368 g/mol. The van der Waals surface area contributed by atoms with Crippen LogP contribution in [0.4, 0.5) is 8.78 Å². The van der Waals surface area contributed by atoms with Gasteiger partial charge in [0.2, 0.25) is 5.91 Å². The topological polar surface area (TPSA) is 62.7 Å². The predicted molar refractivity (Wildman–Crippen MR) is 92.0 cm³/mol. The highest BCUT2D eigenvalue weighted by molar-refractivity contribution is 5.80. The second kappa shape index (κ2) is 7.47. The van der Waals surface area contributed by atoms with E-state index in [0.717, 1.165) is 38.0 Å². The summed E-state index contributed by atoms with van der Waals surface area (Å²) in [5, 5.41) is 9.80. The number of hydrogen-bond acceptors (Lipinski definition) is 4. The number of ether oxygens (including phenoxy) is 1. The van der Waals surface area contributed by atoms with Crippen LogP contribution in [0.3, 0.4) is 0 Å². The Bertz CT molecular complexity index is 650. The minimum Gasteiger partial charge on any atom is -0.433 e. The van der Waals surface area contributed by atoms with Crippen LogP contribution in [0.15, 0.2) is 12.1 Å². The Morgan fingerprint density at radius 2 is 2.04 bits per heavy atom. The summed E-state index contributed by atoms with van der Waals surface area (Å²) in [6, 6.07) is 3.28. The van der Waals surface area contributed by atoms with Crippen molar-refractivity contribution in [1.29, 1.82) is 0 Å². The van der Waals surface area contributed by atoms with Gasteiger partial charge in [-0.3, -0.25) is 9.78 Å². The van der Waals surface area contributed by atoms with E-state index in [4.69, 9.17) is 0 Å². The van der Waals surface area contributed by atoms with Crippen molar-refractivity contribution in [2.75, 3.05) is 13.1 Å². The molecule has 1 aliphatic carbocycles. The molecule has 0 spiro atoms. The van der Waals surface area contributed by atoms with Crippen molar-refractivity contribution in [3.8, 4) is 5.75 Å². The molecule has 144 valence electrons. The number of hydrogen-bond donors (Lipinski definition) is 1. The maximum Gasteiger partial charge on any atom is 0.387 e. The Morgan fingerprint density at radius 3 is 2.58 bits per heavy atom. The van der Waals surface area contributed by atoms with E-state index in [9.17, 15) is 18.7 Å². The Labute approximate surface area is 152 Å². The molecule has 1 amide bonds. The van der Waals surface area contributed by atoms with Crippen molar-refractivity contribution in [1.82, 2.24) is 9.88 Å². The molecule has 0 bridgehead atoms. The van der Waals surface area contributed by atoms with Crippen LogP contribution >= 0.6 is 0 Å². The number of likely N-dealkylation sites (tertiary alicyclic amines) is 1. The summed E-state index contributed by atoms with van der Waals surface area (Å²) in [6.45, 7) is 2.05. The molecule has 0 aromatic carbocycles. The van der Waals surface area contributed by atoms with Crippen LogP contribution in [0.25, 0.3) is 0 Å². The normalized spacial score (nSPS) is 26.7. The molecule has 0 atom stereocenters. The second-order valence-corrected chi connectivity index (χ2v) is 7.84. The number of piperidine rings is 1. The first-order valence-corrected chi connectivity index (χ1v) is 9.16. The Balaban J connectivity index is 1.48. The maximum absolute atomic E-state index is 12.4. The molecular weight excluding hydrogens is 342 g/mol. The fourth-order valence-corrected chi connectivity index (χ4v) is 4.02. The molecule has 7 heteroatoms. The maximum atomic E-state index is 12.4. The van der Waals surface area contributed by atoms with Crippen LogP contribution in [0.5, 0.6) is 5.75 Å². The number of rotatable bonds is 5. The Morgan fingerprint density at radius 1 is 1.38 bits per heavy atom. The third-order valence-electron chi connectivity index (χ3n) is 5.46. The number of alkyl halides is 2. The molecule has 1 saturated carbocycles. The minimum atomic E-state index is -2.84. The molecule has 0 unspecified atom stereocenters. The highest BCUT2D eigenvalue weighted by Gasteiger charge is 2.44. The highest BCUT2D eigenvalue weighted by Crippen LogP contribution is 2.39. The summed E-state index contributed by atoms with van der Waals surface area (Å²) in [7, 11) is 0. The monoisotopic (exact) mass is 368 g/mol. The lowest BCUT2D eigenvalue weighted by molar-refractivity contribution is -0.151. The summed E-state index contributed by atoms with van der Waals surface area (Å²) in [4.78, 5) is 18.7. The van der Waals surface area contributed by atoms with Crippen molar-refractivity contribution in [3.63, 3.8) is 0 Å². The number of aliphatic hydroxyl groups is 1. The molecule has 3 rings (SSSR count). The number of carbonyl (C=O) groups excluding carboxylic acids is 1. The number of halogens is 2. The van der Waals surface area contributed by atoms with E-state index in [2.05, 4.69) is 9.72 Å². The standard InChI is InChI=1S/C19H26F2N2O3/c1-12-16(26-18(20)21)4-3-15(22-12)9-13-5-7-23(8-6-13)17(24)14-10-19(2,25)11-14/h3-4,13-14,18,25H,5-11H2,1-2H3/t14-,19+. The van der Waals surface area contributed by atoms with Crippen molar-refractivity contribution >= 4 is 5.91 Å². The quantitative estimate of drug-likeness (QED) is 0.868. The fourth-order valence-electron chi connectivity index (χ4n) is 4.02. The summed E-state index contributed by atoms with van der Waals surface area (Å²) in [6.07, 6.45) is 3.70. The van der Waals surface area contributed by atoms with Crippen molar-refractivity contribution in [2.45, 2.75) is 58.2 Å². The average Bonchev–Trinajstić information content (AvgIpc) is 2.55. The molecule has 1 aliphatic heterocycles. The predicted octanol–water partition coefficient (Wildman–Crippen LogP) is 2.93. The van der Waals surface area contributed by atoms with E-state index < -0.39 is 12.2 Å².